The van der Waals surface area contributed by atoms with Gasteiger partial charge in [-0.05, 0) is 41.9 Å². The largest absolute Gasteiger partial charge is 0.470 e. The summed E-state index contributed by atoms with van der Waals surface area (Å²) >= 11 is 0. The Kier molecular flexibility index (Phi) is 9.13. The summed E-state index contributed by atoms with van der Waals surface area (Å²) in [6.07, 6.45) is 0.650. The Morgan fingerprint density at radius 2 is 1.91 bits per heavy atom. The minimum atomic E-state index is -0.996. The number of fused-ring (bicyclic) bond motifs is 1. The van der Waals surface area contributed by atoms with Gasteiger partial charge in [0.1, 0.15) is 12.1 Å². The summed E-state index contributed by atoms with van der Waals surface area (Å²) in [5, 5.41) is 12.7. The number of carbonyl (C=O) groups is 5. The number of methoxy groups -OCH3 is 1. The summed E-state index contributed by atoms with van der Waals surface area (Å²) in [6, 6.07) is -1.01. The monoisotopic (exact) mass is 602 g/mol. The molecule has 3 fully saturated rings. The van der Waals surface area contributed by atoms with Crippen LogP contribution in [0, 0.1) is 28.6 Å². The minimum Gasteiger partial charge on any atom is -0.470 e. The lowest BCUT2D eigenvalue weighted by atomic mass is 9.85. The van der Waals surface area contributed by atoms with Crippen molar-refractivity contribution in [1.82, 2.24) is 30.6 Å². The molecule has 0 radical (unpaired) electrons. The van der Waals surface area contributed by atoms with Crippen LogP contribution < -0.4 is 20.7 Å². The molecule has 3 aliphatic rings. The van der Waals surface area contributed by atoms with Crippen LogP contribution in [0.5, 0.6) is 5.88 Å². The normalized spacial score (nSPS) is 25.3. The van der Waals surface area contributed by atoms with Crippen molar-refractivity contribution in [3.63, 3.8) is 0 Å². The van der Waals surface area contributed by atoms with E-state index in [1.54, 1.807) is 17.8 Å². The lowest BCUT2D eigenvalue weighted by Gasteiger charge is -2.37. The fourth-order valence-corrected chi connectivity index (χ4v) is 6.55. The number of rotatable bonds is 11. The molecule has 13 nitrogen and oxygen atoms in total. The molecular formula is C30H46N6O7. The number of nitrogens with zero attached hydrogens (tertiary/aromatic N) is 3. The Morgan fingerprint density at radius 1 is 1.21 bits per heavy atom. The molecule has 4 rings (SSSR count). The van der Waals surface area contributed by atoms with Gasteiger partial charge in [-0.2, -0.15) is 5.10 Å². The summed E-state index contributed by atoms with van der Waals surface area (Å²) < 4.78 is 12.1. The number of ether oxygens (including phenoxy) is 2. The highest BCUT2D eigenvalue weighted by Crippen LogP contribution is 2.65. The third-order valence-corrected chi connectivity index (χ3v) is 9.32. The molecule has 13 heteroatoms. The van der Waals surface area contributed by atoms with Crippen LogP contribution in [-0.2, 0) is 37.4 Å². The average molecular weight is 603 g/mol. The number of amides is 4. The minimum absolute atomic E-state index is 0.0987. The van der Waals surface area contributed by atoms with Gasteiger partial charge in [-0.15, -0.1) is 0 Å². The molecule has 4 amide bonds. The highest BCUT2D eigenvalue weighted by atomic mass is 16.5. The average Bonchev–Trinajstić information content (AvgIpc) is 3.42. The zero-order valence-corrected chi connectivity index (χ0v) is 26.5. The van der Waals surface area contributed by atoms with Gasteiger partial charge in [-0.25, -0.2) is 9.48 Å². The number of likely N-dealkylation sites (tertiary alicyclic amines) is 1. The molecule has 0 unspecified atom stereocenters. The Balaban J connectivity index is 1.55. The Hall–Kier alpha value is -3.64. The Morgan fingerprint density at radius 3 is 2.47 bits per heavy atom. The topological polar surface area (TPSA) is 161 Å². The number of hydrogen-bond acceptors (Lipinski definition) is 8. The van der Waals surface area contributed by atoms with E-state index < -0.39 is 41.5 Å². The molecule has 238 valence electrons. The van der Waals surface area contributed by atoms with Crippen molar-refractivity contribution in [1.29, 1.82) is 0 Å². The van der Waals surface area contributed by atoms with Gasteiger partial charge in [-0.1, -0.05) is 41.5 Å². The molecule has 0 spiro atoms. The van der Waals surface area contributed by atoms with Crippen LogP contribution in [0.25, 0.3) is 0 Å². The van der Waals surface area contributed by atoms with Crippen molar-refractivity contribution in [2.24, 2.45) is 35.6 Å². The van der Waals surface area contributed by atoms with Crippen LogP contribution in [0.15, 0.2) is 6.07 Å². The van der Waals surface area contributed by atoms with E-state index in [1.165, 1.54) is 12.0 Å². The van der Waals surface area contributed by atoms with Crippen molar-refractivity contribution in [2.75, 3.05) is 26.8 Å². The fraction of sp³-hybridized carbons (Fsp3) is 0.733. The molecule has 43 heavy (non-hydrogen) atoms. The second-order valence-corrected chi connectivity index (χ2v) is 13.6. The maximum absolute atomic E-state index is 14.1. The van der Waals surface area contributed by atoms with Gasteiger partial charge in [0.05, 0.1) is 18.8 Å². The smallest absolute Gasteiger partial charge is 0.407 e. The summed E-state index contributed by atoms with van der Waals surface area (Å²) in [5.74, 6) is -1.40. The molecule has 0 bridgehead atoms. The lowest BCUT2D eigenvalue weighted by molar-refractivity contribution is -0.144. The number of hydrogen-bond donors (Lipinski definition) is 3. The van der Waals surface area contributed by atoms with Gasteiger partial charge in [0.25, 0.3) is 0 Å². The molecular weight excluding hydrogens is 556 g/mol. The number of Topliss-reactive ketones (excluding diaryl/α,β-unsaturated/α-hetero) is 1. The summed E-state index contributed by atoms with van der Waals surface area (Å²) in [7, 11) is 2.95. The van der Waals surface area contributed by atoms with E-state index in [4.69, 9.17) is 9.47 Å². The molecule has 1 aliphatic carbocycles. The molecule has 2 aliphatic heterocycles. The molecule has 3 N–H and O–H groups in total. The summed E-state index contributed by atoms with van der Waals surface area (Å²) in [5.41, 5.74) is -0.0137. The first-order valence-corrected chi connectivity index (χ1v) is 15.0. The molecule has 2 saturated heterocycles. The number of nitrogens with one attached hydrogen (secondary N) is 3. The second-order valence-electron chi connectivity index (χ2n) is 13.6. The van der Waals surface area contributed by atoms with Gasteiger partial charge in [-0.3, -0.25) is 19.2 Å². The van der Waals surface area contributed by atoms with Crippen LogP contribution in [-0.4, -0.2) is 89.2 Å². The number of aryl methyl sites for hydroxylation is 2. The number of aromatic nitrogens is 2. The van der Waals surface area contributed by atoms with Gasteiger partial charge >= 0.3 is 6.09 Å². The van der Waals surface area contributed by atoms with E-state index in [-0.39, 0.29) is 47.9 Å². The van der Waals surface area contributed by atoms with Crippen molar-refractivity contribution in [3.05, 3.63) is 11.8 Å². The SMILES string of the molecule is CCc1cc(OCC(=O)[C@H](C[C@@H]2CCNC2=O)NC(=O)[C@@H]2[C@@H]3[C@H](CN2C(=O)[C@@H](NC(=O)OC)C(C)(C)C)C3(C)C)n(C)n1. The van der Waals surface area contributed by atoms with E-state index >= 15 is 0 Å². The molecule has 6 atom stereocenters. The maximum atomic E-state index is 14.1. The molecule has 3 heterocycles. The number of alkyl carbamates (subject to hydrolysis) is 1. The number of carbonyl (C=O) groups excluding carboxylic acids is 5. The van der Waals surface area contributed by atoms with Gasteiger partial charge in [0.2, 0.25) is 23.6 Å². The highest BCUT2D eigenvalue weighted by molar-refractivity contribution is 5.96. The summed E-state index contributed by atoms with van der Waals surface area (Å²) in [6.45, 7) is 12.1. The predicted octanol–water partition coefficient (Wildman–Crippen LogP) is 1.20. The third-order valence-electron chi connectivity index (χ3n) is 9.32. The molecule has 1 aromatic heterocycles. The molecule has 1 saturated carbocycles. The van der Waals surface area contributed by atoms with Crippen molar-refractivity contribution >= 4 is 29.6 Å². The standard InChI is InChI=1S/C30H46N6O7/c1-9-17-13-21(35(7)34-17)43-15-20(37)19(12-16-10-11-31-25(16)38)32-26(39)23-22-18(30(22,5)6)14-36(23)27(40)24(29(2,3)4)33-28(41)42-8/h13,16,18-19,22-24H,9-12,14-15H2,1-8H3,(H,31,38)(H,32,39)(H,33,41)/t16-,18-,19-,22-,23-,24+/m0/s1. The van der Waals surface area contributed by atoms with Crippen LogP contribution >= 0.6 is 0 Å². The first kappa shape index (κ1) is 32.3. The van der Waals surface area contributed by atoms with Crippen LogP contribution in [0.3, 0.4) is 0 Å². The van der Waals surface area contributed by atoms with Crippen molar-refractivity contribution < 1.29 is 33.4 Å². The first-order valence-electron chi connectivity index (χ1n) is 15.0. The quantitative estimate of drug-likeness (QED) is 0.341. The van der Waals surface area contributed by atoms with Gasteiger partial charge < -0.3 is 30.3 Å². The van der Waals surface area contributed by atoms with E-state index in [9.17, 15) is 24.0 Å². The van der Waals surface area contributed by atoms with E-state index in [1.807, 2.05) is 27.7 Å². The van der Waals surface area contributed by atoms with Crippen LogP contribution in [0.1, 0.15) is 60.1 Å². The van der Waals surface area contributed by atoms with E-state index in [2.05, 4.69) is 34.9 Å². The van der Waals surface area contributed by atoms with Crippen LogP contribution in [0.4, 0.5) is 4.79 Å². The zero-order chi connectivity index (χ0) is 31.9. The van der Waals surface area contributed by atoms with E-state index in [0.717, 1.165) is 5.69 Å². The third kappa shape index (κ3) is 6.65. The maximum Gasteiger partial charge on any atom is 0.407 e. The van der Waals surface area contributed by atoms with Gasteiger partial charge in [0.15, 0.2) is 12.4 Å². The number of ketones is 1. The fourth-order valence-electron chi connectivity index (χ4n) is 6.55. The lowest BCUT2D eigenvalue weighted by Crippen LogP contribution is -2.60. The Labute approximate surface area is 252 Å². The highest BCUT2D eigenvalue weighted by Gasteiger charge is 2.70. The predicted molar refractivity (Wildman–Crippen MR) is 156 cm³/mol. The number of piperidine rings is 1. The van der Waals surface area contributed by atoms with Crippen molar-refractivity contribution in [2.45, 2.75) is 78.9 Å². The van der Waals surface area contributed by atoms with E-state index in [0.29, 0.717) is 31.8 Å². The summed E-state index contributed by atoms with van der Waals surface area (Å²) in [4.78, 5) is 67.6. The van der Waals surface area contributed by atoms with Crippen molar-refractivity contribution in [3.8, 4) is 5.88 Å². The van der Waals surface area contributed by atoms with Gasteiger partial charge in [0, 0.05) is 32.1 Å². The zero-order valence-electron chi connectivity index (χ0n) is 26.5. The molecule has 0 aromatic carbocycles. The Bertz CT molecular complexity index is 1270. The molecule has 1 aromatic rings. The second kappa shape index (κ2) is 12.2. The van der Waals surface area contributed by atoms with Crippen LogP contribution in [0.2, 0.25) is 0 Å². The first-order chi connectivity index (χ1) is 20.1.